The highest BCUT2D eigenvalue weighted by Gasteiger charge is 2.23. The Bertz CT molecular complexity index is 556. The van der Waals surface area contributed by atoms with Crippen molar-refractivity contribution in [3.8, 4) is 0 Å². The quantitative estimate of drug-likeness (QED) is 0.753. The number of nitrogens with zero attached hydrogens (tertiary/aromatic N) is 1. The van der Waals surface area contributed by atoms with Crippen molar-refractivity contribution in [3.63, 3.8) is 0 Å². The molecular weight excluding hydrogens is 310 g/mol. The predicted molar refractivity (Wildman–Crippen MR) is 84.8 cm³/mol. The van der Waals surface area contributed by atoms with Crippen LogP contribution in [-0.4, -0.2) is 39.5 Å². The molecule has 6 heteroatoms. The SMILES string of the molecule is CN(CC1CCCOC1)S(=O)(=O)Cc1cccc(CCl)c1. The molecule has 0 radical (unpaired) electrons. The van der Waals surface area contributed by atoms with Crippen LogP contribution in [0, 0.1) is 5.92 Å². The van der Waals surface area contributed by atoms with Crippen LogP contribution in [0.15, 0.2) is 24.3 Å². The van der Waals surface area contributed by atoms with E-state index in [1.165, 1.54) is 4.31 Å². The van der Waals surface area contributed by atoms with Gasteiger partial charge >= 0.3 is 0 Å². The van der Waals surface area contributed by atoms with Crippen LogP contribution in [0.4, 0.5) is 0 Å². The van der Waals surface area contributed by atoms with E-state index in [0.717, 1.165) is 30.6 Å². The fourth-order valence-corrected chi connectivity index (χ4v) is 3.98. The third-order valence-electron chi connectivity index (χ3n) is 3.74. The van der Waals surface area contributed by atoms with Crippen molar-refractivity contribution in [1.29, 1.82) is 0 Å². The Labute approximate surface area is 132 Å². The molecule has 4 nitrogen and oxygen atoms in total. The van der Waals surface area contributed by atoms with E-state index in [9.17, 15) is 8.42 Å². The summed E-state index contributed by atoms with van der Waals surface area (Å²) in [4.78, 5) is 0. The number of halogens is 1. The molecule has 0 amide bonds. The summed E-state index contributed by atoms with van der Waals surface area (Å²) in [6, 6.07) is 7.41. The van der Waals surface area contributed by atoms with Crippen molar-refractivity contribution < 1.29 is 13.2 Å². The highest BCUT2D eigenvalue weighted by Crippen LogP contribution is 2.18. The van der Waals surface area contributed by atoms with Gasteiger partial charge in [-0.15, -0.1) is 11.6 Å². The average Bonchev–Trinajstić information content (AvgIpc) is 2.48. The zero-order valence-corrected chi connectivity index (χ0v) is 13.9. The maximum atomic E-state index is 12.4. The Kier molecular flexibility index (Phi) is 6.05. The Hall–Kier alpha value is -0.620. The number of alkyl halides is 1. The molecular formula is C15H22ClNO3S. The monoisotopic (exact) mass is 331 g/mol. The van der Waals surface area contributed by atoms with Crippen LogP contribution in [0.5, 0.6) is 0 Å². The first kappa shape index (κ1) is 16.7. The zero-order chi connectivity index (χ0) is 15.3. The van der Waals surface area contributed by atoms with Crippen LogP contribution in [0.1, 0.15) is 24.0 Å². The van der Waals surface area contributed by atoms with Crippen LogP contribution < -0.4 is 0 Å². The summed E-state index contributed by atoms with van der Waals surface area (Å²) in [5.74, 6) is 0.706. The first-order chi connectivity index (χ1) is 10.0. The van der Waals surface area contributed by atoms with Gasteiger partial charge in [0.25, 0.3) is 0 Å². The summed E-state index contributed by atoms with van der Waals surface area (Å²) in [6.07, 6.45) is 2.04. The third-order valence-corrected chi connectivity index (χ3v) is 5.85. The van der Waals surface area contributed by atoms with Gasteiger partial charge in [-0.3, -0.25) is 0 Å². The minimum Gasteiger partial charge on any atom is -0.381 e. The van der Waals surface area contributed by atoms with Gasteiger partial charge in [-0.2, -0.15) is 0 Å². The van der Waals surface area contributed by atoms with E-state index in [0.29, 0.717) is 24.9 Å². The molecule has 2 rings (SSSR count). The topological polar surface area (TPSA) is 46.6 Å². The molecule has 0 aliphatic carbocycles. The molecule has 21 heavy (non-hydrogen) atoms. The van der Waals surface area contributed by atoms with E-state index < -0.39 is 10.0 Å². The molecule has 1 aromatic rings. The van der Waals surface area contributed by atoms with Crippen LogP contribution >= 0.6 is 11.6 Å². The van der Waals surface area contributed by atoms with Crippen LogP contribution in [0.3, 0.4) is 0 Å². The second-order valence-corrected chi connectivity index (χ2v) is 7.92. The van der Waals surface area contributed by atoms with E-state index in [1.807, 2.05) is 24.3 Å². The molecule has 0 spiro atoms. The molecule has 1 unspecified atom stereocenters. The van der Waals surface area contributed by atoms with Crippen molar-refractivity contribution in [2.24, 2.45) is 5.92 Å². The van der Waals surface area contributed by atoms with Gasteiger partial charge in [-0.1, -0.05) is 24.3 Å². The molecule has 1 heterocycles. The van der Waals surface area contributed by atoms with Crippen LogP contribution in [-0.2, 0) is 26.4 Å². The van der Waals surface area contributed by atoms with Gasteiger partial charge in [-0.05, 0) is 29.9 Å². The summed E-state index contributed by atoms with van der Waals surface area (Å²) in [6.45, 7) is 1.97. The molecule has 1 aliphatic rings. The Balaban J connectivity index is 1.99. The molecule has 1 fully saturated rings. The van der Waals surface area contributed by atoms with Gasteiger partial charge < -0.3 is 4.74 Å². The second-order valence-electron chi connectivity index (χ2n) is 5.57. The standard InChI is InChI=1S/C15H22ClNO3S/c1-17(10-15-6-3-7-20-11-15)21(18,19)12-14-5-2-4-13(8-14)9-16/h2,4-5,8,15H,3,6-7,9-12H2,1H3. The van der Waals surface area contributed by atoms with E-state index in [1.54, 1.807) is 7.05 Å². The van der Waals surface area contributed by atoms with Crippen molar-refractivity contribution in [1.82, 2.24) is 4.31 Å². The molecule has 0 N–H and O–H groups in total. The molecule has 1 aliphatic heterocycles. The minimum absolute atomic E-state index is 0.0157. The predicted octanol–water partition coefficient (Wildman–Crippen LogP) is 2.61. The maximum Gasteiger partial charge on any atom is 0.218 e. The highest BCUT2D eigenvalue weighted by molar-refractivity contribution is 7.88. The number of sulfonamides is 1. The molecule has 1 aromatic carbocycles. The van der Waals surface area contributed by atoms with Crippen molar-refractivity contribution in [2.75, 3.05) is 26.8 Å². The van der Waals surface area contributed by atoms with Crippen molar-refractivity contribution in [2.45, 2.75) is 24.5 Å². The van der Waals surface area contributed by atoms with Crippen LogP contribution in [0.2, 0.25) is 0 Å². The largest absolute Gasteiger partial charge is 0.381 e. The number of benzene rings is 1. The van der Waals surface area contributed by atoms with Crippen molar-refractivity contribution >= 4 is 21.6 Å². The lowest BCUT2D eigenvalue weighted by Gasteiger charge is -2.26. The summed E-state index contributed by atoms with van der Waals surface area (Å²) in [5.41, 5.74) is 1.72. The zero-order valence-electron chi connectivity index (χ0n) is 12.3. The third kappa shape index (κ3) is 4.95. The average molecular weight is 332 g/mol. The fourth-order valence-electron chi connectivity index (χ4n) is 2.55. The summed E-state index contributed by atoms with van der Waals surface area (Å²) in [5, 5.41) is 0. The molecule has 118 valence electrons. The smallest absolute Gasteiger partial charge is 0.218 e. The van der Waals surface area contributed by atoms with Gasteiger partial charge in [0.05, 0.1) is 12.4 Å². The minimum atomic E-state index is -3.30. The van der Waals surface area contributed by atoms with Gasteiger partial charge in [0, 0.05) is 26.1 Å². The summed E-state index contributed by atoms with van der Waals surface area (Å²) < 4.78 is 31.7. The number of ether oxygens (including phenoxy) is 1. The Morgan fingerprint density at radius 3 is 2.81 bits per heavy atom. The van der Waals surface area contributed by atoms with E-state index in [4.69, 9.17) is 16.3 Å². The molecule has 1 atom stereocenters. The Morgan fingerprint density at radius 1 is 1.38 bits per heavy atom. The molecule has 0 saturated carbocycles. The second kappa shape index (κ2) is 7.58. The molecule has 0 aromatic heterocycles. The van der Waals surface area contributed by atoms with E-state index >= 15 is 0 Å². The fraction of sp³-hybridized carbons (Fsp3) is 0.600. The molecule has 0 bridgehead atoms. The molecule has 1 saturated heterocycles. The van der Waals surface area contributed by atoms with Crippen molar-refractivity contribution in [3.05, 3.63) is 35.4 Å². The van der Waals surface area contributed by atoms with Crippen LogP contribution in [0.25, 0.3) is 0 Å². The van der Waals surface area contributed by atoms with Gasteiger partial charge in [-0.25, -0.2) is 12.7 Å². The normalized spacial score (nSPS) is 19.9. The lowest BCUT2D eigenvalue weighted by Crippen LogP contribution is -2.35. The van der Waals surface area contributed by atoms with E-state index in [2.05, 4.69) is 0 Å². The number of hydrogen-bond donors (Lipinski definition) is 0. The van der Waals surface area contributed by atoms with Gasteiger partial charge in [0.1, 0.15) is 0 Å². The lowest BCUT2D eigenvalue weighted by atomic mass is 10.0. The Morgan fingerprint density at radius 2 is 2.14 bits per heavy atom. The summed E-state index contributed by atoms with van der Waals surface area (Å²) in [7, 11) is -1.65. The highest BCUT2D eigenvalue weighted by atomic mass is 35.5. The maximum absolute atomic E-state index is 12.4. The van der Waals surface area contributed by atoms with E-state index in [-0.39, 0.29) is 5.75 Å². The van der Waals surface area contributed by atoms with Gasteiger partial charge in [0.15, 0.2) is 0 Å². The first-order valence-corrected chi connectivity index (χ1v) is 9.31. The van der Waals surface area contributed by atoms with Gasteiger partial charge in [0.2, 0.25) is 10.0 Å². The lowest BCUT2D eigenvalue weighted by molar-refractivity contribution is 0.0495. The first-order valence-electron chi connectivity index (χ1n) is 7.17. The summed E-state index contributed by atoms with van der Waals surface area (Å²) >= 11 is 5.79. The number of hydrogen-bond acceptors (Lipinski definition) is 3. The number of rotatable bonds is 6.